The van der Waals surface area contributed by atoms with Gasteiger partial charge in [0, 0.05) is 96.1 Å². The van der Waals surface area contributed by atoms with E-state index in [1.165, 1.54) is 35.6 Å². The van der Waals surface area contributed by atoms with E-state index in [9.17, 15) is 19.2 Å². The normalized spacial score (nSPS) is 11.4. The minimum absolute atomic E-state index is 0.0621. The summed E-state index contributed by atoms with van der Waals surface area (Å²) in [6, 6.07) is 68.8. The molecular weight excluding hydrogens is 1310 g/mol. The minimum atomic E-state index is -0.469. The number of hydrogen-bond acceptors (Lipinski definition) is 13. The summed E-state index contributed by atoms with van der Waals surface area (Å²) in [7, 11) is 3.47. The standard InChI is InChI=1S/C23H25N5O.C20H17ClN4O.C19H16N4O2.C15H15ClN4O/c1-23(2,3)18-13-11-17(12-14-18)21-25-28-20(27(21)22(29)26(4)5)15-19(24-28)16-9-7-6-8-10-16;1-13(2)19-23-25-18(24(19)20(26)14-8-4-3-5-9-14)12-17(22-25)15-10-6-7-11-16(15)21;1-2-25-19(24)22-17-13-16(14-9-5-3-6-10-14)20-23(17)21-18(22)15-11-7-4-8-12-15;1-9(2)15-18-20-14(19(15)10(3)21)8-13(17-20)11-6-4-5-7-12(11)16/h6-15H,1-5H3;3-13H,1-2H3;3-13H,2H2,1H3;4-9H,1-3H3. The summed E-state index contributed by atoms with van der Waals surface area (Å²) in [4.78, 5) is 52.1. The molecule has 0 aliphatic rings. The maximum absolute atomic E-state index is 13.1. The number of hydrogen-bond donors (Lipinski definition) is 0. The molecule has 0 fully saturated rings. The smallest absolute Gasteiger partial charge is 0.421 e. The third-order valence-electron chi connectivity index (χ3n) is 16.3. The second kappa shape index (κ2) is 29.3. The van der Waals surface area contributed by atoms with Gasteiger partial charge >= 0.3 is 12.1 Å². The molecule has 510 valence electrons. The third kappa shape index (κ3) is 14.4. The number of fused-ring (bicyclic) bond motifs is 4. The van der Waals surface area contributed by atoms with Crippen molar-refractivity contribution in [3.8, 4) is 67.8 Å². The number of carbonyl (C=O) groups excluding carboxylic acids is 4. The molecule has 101 heavy (non-hydrogen) atoms. The van der Waals surface area contributed by atoms with E-state index in [4.69, 9.17) is 27.9 Å². The summed E-state index contributed by atoms with van der Waals surface area (Å²) >= 11 is 12.5. The fourth-order valence-electron chi connectivity index (χ4n) is 11.3. The summed E-state index contributed by atoms with van der Waals surface area (Å²) in [6.07, 6.45) is -0.469. The fraction of sp³-hybridized carbons (Fsp3) is 0.195. The average Bonchev–Trinajstić information content (AvgIpc) is 1.63. The van der Waals surface area contributed by atoms with Crippen LogP contribution in [-0.4, -0.2) is 127 Å². The maximum Gasteiger partial charge on any atom is 0.421 e. The Balaban J connectivity index is 0.000000128. The monoisotopic (exact) mass is 1390 g/mol. The summed E-state index contributed by atoms with van der Waals surface area (Å²) in [5, 5.41) is 37.4. The van der Waals surface area contributed by atoms with Crippen molar-refractivity contribution in [3.63, 3.8) is 0 Å². The molecular formula is C77H73Cl2N17O5. The van der Waals surface area contributed by atoms with Gasteiger partial charge in [0.25, 0.3) is 5.91 Å². The Bertz CT molecular complexity index is 5460. The molecule has 24 heteroatoms. The lowest BCUT2D eigenvalue weighted by molar-refractivity contribution is 0.0934. The fourth-order valence-corrected chi connectivity index (χ4v) is 11.8. The molecule has 22 nitrogen and oxygen atoms in total. The molecule has 15 aromatic rings. The van der Waals surface area contributed by atoms with Gasteiger partial charge in [-0.25, -0.2) is 27.9 Å². The molecule has 0 radical (unpaired) electrons. The predicted molar refractivity (Wildman–Crippen MR) is 393 cm³/mol. The molecule has 0 aliphatic heterocycles. The molecule has 8 aromatic heterocycles. The predicted octanol–water partition coefficient (Wildman–Crippen LogP) is 16.9. The van der Waals surface area contributed by atoms with Crippen LogP contribution in [0.5, 0.6) is 0 Å². The van der Waals surface area contributed by atoms with E-state index in [0.29, 0.717) is 72.9 Å². The summed E-state index contributed by atoms with van der Waals surface area (Å²) in [5.74, 6) is 2.47. The van der Waals surface area contributed by atoms with E-state index >= 15 is 0 Å². The van der Waals surface area contributed by atoms with Gasteiger partial charge in [-0.2, -0.15) is 0 Å². The highest BCUT2D eigenvalue weighted by Crippen LogP contribution is 2.33. The highest BCUT2D eigenvalue weighted by molar-refractivity contribution is 6.33. The molecule has 8 heterocycles. The van der Waals surface area contributed by atoms with E-state index in [2.05, 4.69) is 73.7 Å². The lowest BCUT2D eigenvalue weighted by Gasteiger charge is -2.19. The second-order valence-electron chi connectivity index (χ2n) is 25.5. The molecule has 0 aliphatic carbocycles. The number of benzene rings is 7. The Morgan fingerprint density at radius 2 is 0.802 bits per heavy atom. The Morgan fingerprint density at radius 3 is 1.24 bits per heavy atom. The van der Waals surface area contributed by atoms with Gasteiger partial charge in [-0.3, -0.25) is 9.59 Å². The lowest BCUT2D eigenvalue weighted by atomic mass is 9.87. The third-order valence-corrected chi connectivity index (χ3v) is 17.0. The largest absolute Gasteiger partial charge is 0.449 e. The van der Waals surface area contributed by atoms with Crippen LogP contribution in [0.1, 0.15) is 107 Å². The van der Waals surface area contributed by atoms with Crippen LogP contribution in [-0.2, 0) is 10.2 Å². The van der Waals surface area contributed by atoms with Crippen molar-refractivity contribution in [3.05, 3.63) is 251 Å². The lowest BCUT2D eigenvalue weighted by Crippen LogP contribution is -2.27. The van der Waals surface area contributed by atoms with Crippen molar-refractivity contribution in [1.82, 2.24) is 82.5 Å². The van der Waals surface area contributed by atoms with Crippen molar-refractivity contribution < 1.29 is 23.9 Å². The van der Waals surface area contributed by atoms with Gasteiger partial charge < -0.3 is 9.64 Å². The van der Waals surface area contributed by atoms with Crippen LogP contribution in [0.25, 0.3) is 90.4 Å². The molecule has 0 N–H and O–H groups in total. The number of halogens is 2. The van der Waals surface area contributed by atoms with Crippen LogP contribution in [0.15, 0.2) is 218 Å². The van der Waals surface area contributed by atoms with Crippen LogP contribution in [0, 0.1) is 0 Å². The van der Waals surface area contributed by atoms with Gasteiger partial charge in [-0.1, -0.05) is 242 Å². The SMILES string of the molecule is CC(=O)n1c(C(C)C)nn2nc(-c3ccccc3Cl)cc12.CC(C)c1nn2nc(-c3ccccc3Cl)cc2n1C(=O)c1ccccc1.CCOC(=O)n1c(-c2ccccc2)nn2nc(-c3ccccc3)cc12.CN(C)C(=O)n1c(-c2ccc(C(C)(C)C)cc2)nn2nc(-c3ccccc3)cc12. The van der Waals surface area contributed by atoms with Gasteiger partial charge in [0.1, 0.15) is 11.6 Å². The van der Waals surface area contributed by atoms with Crippen molar-refractivity contribution in [2.75, 3.05) is 20.7 Å². The number of ether oxygens (including phenoxy) is 1. The molecule has 0 unspecified atom stereocenters. The molecule has 1 amide bonds. The number of rotatable bonds is 10. The molecule has 0 spiro atoms. The van der Waals surface area contributed by atoms with E-state index in [-0.39, 0.29) is 41.7 Å². The molecule has 7 aromatic carbocycles. The molecule has 15 rings (SSSR count). The molecule has 0 saturated carbocycles. The topological polar surface area (TPSA) is 221 Å². The van der Waals surface area contributed by atoms with Crippen LogP contribution in [0.3, 0.4) is 0 Å². The molecule has 0 saturated heterocycles. The van der Waals surface area contributed by atoms with Gasteiger partial charge in [-0.15, -0.1) is 59.3 Å². The first-order valence-electron chi connectivity index (χ1n) is 32.8. The van der Waals surface area contributed by atoms with Crippen molar-refractivity contribution in [1.29, 1.82) is 0 Å². The quantitative estimate of drug-likeness (QED) is 0.124. The van der Waals surface area contributed by atoms with Crippen LogP contribution in [0.4, 0.5) is 9.59 Å². The average molecular weight is 1390 g/mol. The summed E-state index contributed by atoms with van der Waals surface area (Å²) in [6.45, 7) is 18.1. The highest BCUT2D eigenvalue weighted by atomic mass is 35.5. The first-order chi connectivity index (χ1) is 48.6. The zero-order valence-electron chi connectivity index (χ0n) is 57.5. The summed E-state index contributed by atoms with van der Waals surface area (Å²) < 4.78 is 17.5. The van der Waals surface area contributed by atoms with E-state index in [0.717, 1.165) is 44.8 Å². The Morgan fingerprint density at radius 1 is 0.436 bits per heavy atom. The van der Waals surface area contributed by atoms with Gasteiger partial charge in [0.2, 0.25) is 5.91 Å². The molecule has 0 bridgehead atoms. The first-order valence-corrected chi connectivity index (χ1v) is 33.5. The van der Waals surface area contributed by atoms with Crippen LogP contribution >= 0.6 is 23.2 Å². The molecule has 0 atom stereocenters. The first kappa shape index (κ1) is 69.0. The van der Waals surface area contributed by atoms with Gasteiger partial charge in [0.15, 0.2) is 34.2 Å². The highest BCUT2D eigenvalue weighted by Gasteiger charge is 2.27. The number of aromatic nitrogens is 16. The van der Waals surface area contributed by atoms with E-state index in [1.807, 2.05) is 222 Å². The van der Waals surface area contributed by atoms with Gasteiger partial charge in [0.05, 0.1) is 39.4 Å². The maximum atomic E-state index is 13.1. The van der Waals surface area contributed by atoms with Crippen molar-refractivity contribution >= 4 is 69.7 Å². The number of carbonyl (C=O) groups is 4. The van der Waals surface area contributed by atoms with Gasteiger partial charge in [-0.05, 0) is 42.2 Å². The zero-order chi connectivity index (χ0) is 71.4. The van der Waals surface area contributed by atoms with Crippen molar-refractivity contribution in [2.24, 2.45) is 0 Å². The summed E-state index contributed by atoms with van der Waals surface area (Å²) in [5.41, 5.74) is 12.6. The Kier molecular flexibility index (Phi) is 20.0. The second-order valence-corrected chi connectivity index (χ2v) is 26.3. The minimum Gasteiger partial charge on any atom is -0.449 e. The number of nitrogens with zero attached hydrogens (tertiary/aromatic N) is 17. The van der Waals surface area contributed by atoms with E-state index in [1.54, 1.807) is 51.8 Å². The number of amides is 1. The van der Waals surface area contributed by atoms with Crippen LogP contribution in [0.2, 0.25) is 10.0 Å². The van der Waals surface area contributed by atoms with Crippen LogP contribution < -0.4 is 0 Å². The zero-order valence-corrected chi connectivity index (χ0v) is 59.1. The Labute approximate surface area is 592 Å². The Hall–Kier alpha value is -11.9. The van der Waals surface area contributed by atoms with E-state index < -0.39 is 6.09 Å². The van der Waals surface area contributed by atoms with Crippen molar-refractivity contribution in [2.45, 2.75) is 79.6 Å².